The van der Waals surface area contributed by atoms with Crippen molar-refractivity contribution in [1.82, 2.24) is 0 Å². The molecule has 2 rings (SSSR count). The second-order valence-corrected chi connectivity index (χ2v) is 4.29. The molecule has 1 N–H and O–H groups in total. The zero-order valence-electron chi connectivity index (χ0n) is 13.2. The van der Waals surface area contributed by atoms with E-state index in [4.69, 9.17) is 4.74 Å². The highest BCUT2D eigenvalue weighted by Gasteiger charge is 2.08. The molecule has 0 atom stereocenters. The van der Waals surface area contributed by atoms with Gasteiger partial charge < -0.3 is 10.1 Å². The van der Waals surface area contributed by atoms with Gasteiger partial charge in [0.05, 0.1) is 5.56 Å². The predicted molar refractivity (Wildman–Crippen MR) is 88.0 cm³/mol. The minimum atomic E-state index is -0.460. The third-order valence-electron chi connectivity index (χ3n) is 2.49. The zero-order chi connectivity index (χ0) is 16.5. The summed E-state index contributed by atoms with van der Waals surface area (Å²) in [4.78, 5) is 22.8. The second kappa shape index (κ2) is 8.48. The quantitative estimate of drug-likeness (QED) is 0.870. The standard InChI is InChI=1S/C16H13NO3.C2H6.H2/c1-11-4-3-5-15(10-11)20-16(19)13-6-8-14(9-7-13)17-12(2)18;1-2;/h5-10H,1-2H3,(H,17,18);1-2H3;1H. The van der Waals surface area contributed by atoms with Crippen LogP contribution in [0.25, 0.3) is 0 Å². The van der Waals surface area contributed by atoms with Gasteiger partial charge in [0.2, 0.25) is 5.91 Å². The number of anilines is 1. The first kappa shape index (κ1) is 17.3. The molecule has 4 heteroatoms. The molecule has 0 saturated heterocycles. The average Bonchev–Trinajstić information content (AvgIpc) is 2.49. The van der Waals surface area contributed by atoms with Gasteiger partial charge in [-0.15, -0.1) is 0 Å². The van der Waals surface area contributed by atoms with Gasteiger partial charge in [0, 0.05) is 25.7 Å². The van der Waals surface area contributed by atoms with Crippen LogP contribution in [0, 0.1) is 19.1 Å². The lowest BCUT2D eigenvalue weighted by molar-refractivity contribution is -0.114. The lowest BCUT2D eigenvalue weighted by Crippen LogP contribution is -2.09. The van der Waals surface area contributed by atoms with E-state index in [2.05, 4.69) is 17.4 Å². The van der Waals surface area contributed by atoms with Crippen molar-refractivity contribution in [3.63, 3.8) is 0 Å². The number of hydrogen-bond donors (Lipinski definition) is 1. The van der Waals surface area contributed by atoms with Gasteiger partial charge in [0.25, 0.3) is 0 Å². The SMILES string of the molecule is CC.CC(=O)Nc1ccc(C(=O)Oc2cc#cc(C)c2)cc1.[HH]. The number of amides is 1. The van der Waals surface area contributed by atoms with Crippen LogP contribution in [0.1, 0.15) is 38.1 Å². The van der Waals surface area contributed by atoms with Crippen LogP contribution in [0.4, 0.5) is 5.69 Å². The summed E-state index contributed by atoms with van der Waals surface area (Å²) in [5.41, 5.74) is 1.88. The van der Waals surface area contributed by atoms with Crippen LogP contribution in [0.3, 0.4) is 0 Å². The molecule has 0 saturated carbocycles. The Kier molecular flexibility index (Phi) is 6.65. The van der Waals surface area contributed by atoms with Crippen molar-refractivity contribution >= 4 is 17.6 Å². The van der Waals surface area contributed by atoms with Gasteiger partial charge in [-0.25, -0.2) is 4.79 Å². The Balaban J connectivity index is 0.00000155. The molecule has 22 heavy (non-hydrogen) atoms. The maximum atomic E-state index is 11.9. The van der Waals surface area contributed by atoms with Gasteiger partial charge in [0.1, 0.15) is 5.75 Å². The van der Waals surface area contributed by atoms with Gasteiger partial charge in [-0.3, -0.25) is 4.79 Å². The van der Waals surface area contributed by atoms with Gasteiger partial charge in [-0.05, 0) is 37.3 Å². The van der Waals surface area contributed by atoms with Crippen LogP contribution >= 0.6 is 0 Å². The van der Waals surface area contributed by atoms with Crippen LogP contribution in [0.15, 0.2) is 36.4 Å². The number of nitrogens with one attached hydrogen (secondary N) is 1. The molecule has 0 aromatic heterocycles. The maximum absolute atomic E-state index is 11.9. The minimum absolute atomic E-state index is 0. The molecule has 2 aromatic carbocycles. The number of ether oxygens (including phenoxy) is 1. The molecular formula is C18H21NO3. The molecule has 0 aliphatic rings. The summed E-state index contributed by atoms with van der Waals surface area (Å²) in [6.07, 6.45) is 0. The van der Waals surface area contributed by atoms with Crippen molar-refractivity contribution in [2.75, 3.05) is 5.32 Å². The van der Waals surface area contributed by atoms with E-state index in [0.29, 0.717) is 17.0 Å². The number of benzene rings is 1. The average molecular weight is 299 g/mol. The fourth-order valence-electron chi connectivity index (χ4n) is 1.63. The third kappa shape index (κ3) is 5.29. The molecule has 2 aromatic rings. The molecule has 0 spiro atoms. The molecule has 0 aliphatic carbocycles. The Labute approximate surface area is 132 Å². The van der Waals surface area contributed by atoms with E-state index in [1.807, 2.05) is 20.8 Å². The molecule has 0 unspecified atom stereocenters. The summed E-state index contributed by atoms with van der Waals surface area (Å²) in [6, 6.07) is 15.4. The van der Waals surface area contributed by atoms with Gasteiger partial charge in [-0.2, -0.15) is 0 Å². The summed E-state index contributed by atoms with van der Waals surface area (Å²) < 4.78 is 5.22. The fraction of sp³-hybridized carbons (Fsp3) is 0.222. The Morgan fingerprint density at radius 1 is 1.18 bits per heavy atom. The van der Waals surface area contributed by atoms with Crippen LogP contribution in [-0.2, 0) is 4.79 Å². The maximum Gasteiger partial charge on any atom is 0.343 e. The van der Waals surface area contributed by atoms with E-state index in [0.717, 1.165) is 5.56 Å². The molecule has 0 radical (unpaired) electrons. The van der Waals surface area contributed by atoms with Gasteiger partial charge in [0.15, 0.2) is 0 Å². The first-order chi connectivity index (χ1) is 10.5. The van der Waals surface area contributed by atoms with E-state index < -0.39 is 5.97 Å². The molecule has 4 nitrogen and oxygen atoms in total. The highest BCUT2D eigenvalue weighted by Crippen LogP contribution is 2.14. The molecule has 1 amide bonds. The van der Waals surface area contributed by atoms with Crippen LogP contribution in [-0.4, -0.2) is 11.9 Å². The largest absolute Gasteiger partial charge is 0.422 e. The van der Waals surface area contributed by atoms with Crippen molar-refractivity contribution in [2.45, 2.75) is 27.7 Å². The summed E-state index contributed by atoms with van der Waals surface area (Å²) >= 11 is 0. The number of carbonyl (C=O) groups excluding carboxylic acids is 2. The molecular weight excluding hydrogens is 278 g/mol. The molecule has 0 bridgehead atoms. The summed E-state index contributed by atoms with van der Waals surface area (Å²) in [5.74, 6) is -0.192. The smallest absolute Gasteiger partial charge is 0.343 e. The Bertz CT molecular complexity index is 639. The van der Waals surface area contributed by atoms with Crippen molar-refractivity contribution in [1.29, 1.82) is 0 Å². The third-order valence-corrected chi connectivity index (χ3v) is 2.49. The monoisotopic (exact) mass is 299 g/mol. The predicted octanol–water partition coefficient (Wildman–Crippen LogP) is 4.05. The molecule has 0 heterocycles. The van der Waals surface area contributed by atoms with Crippen LogP contribution in [0.5, 0.6) is 5.75 Å². The second-order valence-electron chi connectivity index (χ2n) is 4.29. The number of rotatable bonds is 3. The van der Waals surface area contributed by atoms with Crippen LogP contribution in [0.2, 0.25) is 0 Å². The Morgan fingerprint density at radius 3 is 2.36 bits per heavy atom. The first-order valence-electron chi connectivity index (χ1n) is 7.04. The number of hydrogen-bond acceptors (Lipinski definition) is 3. The normalized spacial score (nSPS) is 8.91. The van der Waals surface area contributed by atoms with Crippen molar-refractivity contribution < 1.29 is 15.8 Å². The lowest BCUT2D eigenvalue weighted by Gasteiger charge is -2.05. The minimum Gasteiger partial charge on any atom is -0.422 e. The number of carbonyl (C=O) groups is 2. The topological polar surface area (TPSA) is 55.4 Å². The number of aryl methyl sites for hydroxylation is 1. The highest BCUT2D eigenvalue weighted by atomic mass is 16.5. The van der Waals surface area contributed by atoms with Gasteiger partial charge >= 0.3 is 5.97 Å². The van der Waals surface area contributed by atoms with E-state index in [1.54, 1.807) is 36.4 Å². The van der Waals surface area contributed by atoms with E-state index in [1.165, 1.54) is 6.92 Å². The van der Waals surface area contributed by atoms with E-state index in [9.17, 15) is 9.59 Å². The summed E-state index contributed by atoms with van der Waals surface area (Å²) in [6.45, 7) is 7.27. The lowest BCUT2D eigenvalue weighted by atomic mass is 10.2. The molecule has 0 fully saturated rings. The van der Waals surface area contributed by atoms with Gasteiger partial charge in [-0.1, -0.05) is 26.0 Å². The van der Waals surface area contributed by atoms with Crippen molar-refractivity contribution in [3.05, 3.63) is 59.7 Å². The zero-order valence-corrected chi connectivity index (χ0v) is 13.2. The van der Waals surface area contributed by atoms with Crippen LogP contribution < -0.4 is 10.1 Å². The van der Waals surface area contributed by atoms with E-state index >= 15 is 0 Å². The van der Waals surface area contributed by atoms with E-state index in [-0.39, 0.29) is 7.33 Å². The fourth-order valence-corrected chi connectivity index (χ4v) is 1.63. The summed E-state index contributed by atoms with van der Waals surface area (Å²) in [7, 11) is 0. The molecule has 116 valence electrons. The first-order valence-corrected chi connectivity index (χ1v) is 7.04. The Hall–Kier alpha value is -2.80. The molecule has 0 aliphatic heterocycles. The van der Waals surface area contributed by atoms with Crippen molar-refractivity contribution in [3.8, 4) is 5.75 Å². The Morgan fingerprint density at radius 2 is 1.82 bits per heavy atom. The number of esters is 1. The highest BCUT2D eigenvalue weighted by molar-refractivity contribution is 5.93. The summed E-state index contributed by atoms with van der Waals surface area (Å²) in [5, 5.41) is 2.63. The van der Waals surface area contributed by atoms with Crippen molar-refractivity contribution in [2.24, 2.45) is 0 Å².